The Morgan fingerprint density at radius 2 is 0.717 bits per heavy atom. The van der Waals surface area contributed by atoms with E-state index < -0.39 is 14.8 Å². The summed E-state index contributed by atoms with van der Waals surface area (Å²) in [6.45, 7) is 8.87. The van der Waals surface area contributed by atoms with Crippen LogP contribution in [0, 0.1) is 0 Å². The first-order valence-electron chi connectivity index (χ1n) is 17.9. The van der Waals surface area contributed by atoms with Gasteiger partial charge in [0.2, 0.25) is 0 Å². The van der Waals surface area contributed by atoms with Crippen molar-refractivity contribution < 1.29 is 19.1 Å². The van der Waals surface area contributed by atoms with Gasteiger partial charge in [0.05, 0.1) is 0 Å². The maximum Gasteiger partial charge on any atom is 0.311 e. The molecule has 0 radical (unpaired) electrons. The number of hydrogen-bond acceptors (Lipinski definition) is 4. The molecular weight excluding hydrogens is 647 g/mol. The van der Waals surface area contributed by atoms with E-state index in [-0.39, 0.29) is 11.9 Å². The van der Waals surface area contributed by atoms with Crippen molar-refractivity contribution >= 4 is 48.9 Å². The van der Waals surface area contributed by atoms with Crippen molar-refractivity contribution in [3.05, 3.63) is 48.5 Å². The summed E-state index contributed by atoms with van der Waals surface area (Å²) in [5.74, 6) is 0.780. The van der Waals surface area contributed by atoms with Crippen molar-refractivity contribution in [1.82, 2.24) is 0 Å². The summed E-state index contributed by atoms with van der Waals surface area (Å²) in [5, 5.41) is 0. The third-order valence-corrected chi connectivity index (χ3v) is 12.5. The molecule has 2 aromatic carbocycles. The predicted octanol–water partition coefficient (Wildman–Crippen LogP) is 13.1. The molecule has 2 rings (SSSR count). The van der Waals surface area contributed by atoms with Crippen molar-refractivity contribution in [1.29, 1.82) is 0 Å². The Labute approximate surface area is 291 Å². The van der Waals surface area contributed by atoms with Crippen LogP contribution in [-0.4, -0.2) is 26.7 Å². The Morgan fingerprint density at radius 1 is 0.457 bits per heavy atom. The Kier molecular flexibility index (Phi) is 20.2. The summed E-state index contributed by atoms with van der Waals surface area (Å²) in [7, 11) is -2.81. The van der Waals surface area contributed by atoms with Crippen LogP contribution in [0.15, 0.2) is 48.5 Å². The van der Waals surface area contributed by atoms with Crippen molar-refractivity contribution in [2.24, 2.45) is 0 Å². The molecule has 8 heteroatoms. The predicted molar refractivity (Wildman–Crippen MR) is 203 cm³/mol. The largest absolute Gasteiger partial charge is 0.427 e. The highest BCUT2D eigenvalue weighted by molar-refractivity contribution is 7.19. The zero-order valence-electron chi connectivity index (χ0n) is 29.1. The number of ether oxygens (including phenoxy) is 2. The zero-order chi connectivity index (χ0) is 33.7. The molecule has 0 amide bonds. The number of halogens is 2. The normalized spacial score (nSPS) is 11.9. The van der Waals surface area contributed by atoms with Gasteiger partial charge in [-0.15, -0.1) is 0 Å². The van der Waals surface area contributed by atoms with E-state index >= 15 is 0 Å². The van der Waals surface area contributed by atoms with E-state index in [9.17, 15) is 9.59 Å². The SMILES string of the molecule is C[Si](C)(Cl)CCCCCCCCCCC(=O)Oc1ccc(-c2ccc(OC(=O)CCCCCCCCCC[Si](C)(C)Cl)cc2)cc1. The molecule has 0 saturated carbocycles. The van der Waals surface area contributed by atoms with Crippen LogP contribution in [0.1, 0.15) is 116 Å². The van der Waals surface area contributed by atoms with Crippen LogP contribution in [0.4, 0.5) is 0 Å². The van der Waals surface area contributed by atoms with Gasteiger partial charge in [-0.25, -0.2) is 0 Å². The van der Waals surface area contributed by atoms with Gasteiger partial charge in [0.15, 0.2) is 0 Å². The van der Waals surface area contributed by atoms with Gasteiger partial charge < -0.3 is 9.47 Å². The molecule has 46 heavy (non-hydrogen) atoms. The highest BCUT2D eigenvalue weighted by atomic mass is 35.6. The van der Waals surface area contributed by atoms with Crippen molar-refractivity contribution in [3.8, 4) is 22.6 Å². The average Bonchev–Trinajstić information content (AvgIpc) is 2.99. The molecule has 0 bridgehead atoms. The van der Waals surface area contributed by atoms with Crippen LogP contribution in [-0.2, 0) is 9.59 Å². The van der Waals surface area contributed by atoms with Crippen LogP contribution >= 0.6 is 22.2 Å². The summed E-state index contributed by atoms with van der Waals surface area (Å²) in [6, 6.07) is 17.5. The number of esters is 2. The molecule has 0 atom stereocenters. The van der Waals surface area contributed by atoms with Crippen LogP contribution in [0.25, 0.3) is 11.1 Å². The van der Waals surface area contributed by atoms with Crippen LogP contribution in [0.2, 0.25) is 38.3 Å². The molecule has 0 heterocycles. The molecule has 0 aliphatic heterocycles. The first-order chi connectivity index (χ1) is 21.9. The lowest BCUT2D eigenvalue weighted by atomic mass is 10.1. The summed E-state index contributed by atoms with van der Waals surface area (Å²) in [6.07, 6.45) is 19.8. The fourth-order valence-electron chi connectivity index (χ4n) is 5.55. The van der Waals surface area contributed by atoms with E-state index in [1.54, 1.807) is 0 Å². The third-order valence-electron chi connectivity index (χ3n) is 8.31. The maximum atomic E-state index is 12.3. The Hall–Kier alpha value is -1.61. The lowest BCUT2D eigenvalue weighted by Crippen LogP contribution is -2.14. The second-order valence-corrected chi connectivity index (χ2v) is 28.1. The second kappa shape index (κ2) is 22.9. The summed E-state index contributed by atoms with van der Waals surface area (Å²) in [5.41, 5.74) is 2.02. The molecule has 4 nitrogen and oxygen atoms in total. The number of hydrogen-bond donors (Lipinski definition) is 0. The van der Waals surface area contributed by atoms with Gasteiger partial charge >= 0.3 is 11.9 Å². The number of rotatable bonds is 25. The first kappa shape index (κ1) is 40.6. The van der Waals surface area contributed by atoms with Gasteiger partial charge in [-0.2, -0.15) is 22.2 Å². The van der Waals surface area contributed by atoms with Crippen LogP contribution in [0.5, 0.6) is 11.5 Å². The van der Waals surface area contributed by atoms with E-state index in [1.807, 2.05) is 48.5 Å². The van der Waals surface area contributed by atoms with Crippen molar-refractivity contribution in [3.63, 3.8) is 0 Å². The van der Waals surface area contributed by atoms with E-state index in [1.165, 1.54) is 89.1 Å². The lowest BCUT2D eigenvalue weighted by molar-refractivity contribution is -0.135. The molecule has 0 aromatic heterocycles. The van der Waals surface area contributed by atoms with E-state index in [2.05, 4.69) is 26.2 Å². The molecule has 0 spiro atoms. The van der Waals surface area contributed by atoms with E-state index in [0.717, 1.165) is 36.8 Å². The van der Waals surface area contributed by atoms with Gasteiger partial charge in [-0.3, -0.25) is 9.59 Å². The molecule has 0 unspecified atom stereocenters. The zero-order valence-corrected chi connectivity index (χ0v) is 32.7. The van der Waals surface area contributed by atoms with Crippen LogP contribution in [0.3, 0.4) is 0 Å². The lowest BCUT2D eigenvalue weighted by Gasteiger charge is -2.11. The molecule has 2 aromatic rings. The fraction of sp³-hybridized carbons (Fsp3) is 0.632. The fourth-order valence-corrected chi connectivity index (χ4v) is 8.53. The smallest absolute Gasteiger partial charge is 0.311 e. The van der Waals surface area contributed by atoms with Gasteiger partial charge in [-0.1, -0.05) is 140 Å². The minimum Gasteiger partial charge on any atom is -0.427 e. The summed E-state index contributed by atoms with van der Waals surface area (Å²) < 4.78 is 11.1. The Balaban J connectivity index is 1.54. The second-order valence-electron chi connectivity index (χ2n) is 14.1. The minimum atomic E-state index is -1.41. The Morgan fingerprint density at radius 3 is 1.00 bits per heavy atom. The van der Waals surface area contributed by atoms with Gasteiger partial charge in [0.1, 0.15) is 26.3 Å². The van der Waals surface area contributed by atoms with Crippen molar-refractivity contribution in [2.75, 3.05) is 0 Å². The van der Waals surface area contributed by atoms with Gasteiger partial charge in [0.25, 0.3) is 0 Å². The van der Waals surface area contributed by atoms with E-state index in [0.29, 0.717) is 24.3 Å². The molecule has 0 aliphatic carbocycles. The van der Waals surface area contributed by atoms with Gasteiger partial charge in [-0.05, 0) is 60.3 Å². The standard InChI is InChI=1S/C38H60Cl2O4Si2/c1-45(2,39)31-19-15-11-7-5-9-13-17-21-37(41)43-35-27-23-33(24-28-35)34-25-29-36(30-26-34)44-38(42)22-18-14-10-6-8-12-16-20-32-46(3,4)40/h23-30H,5-22,31-32H2,1-4H3. The maximum absolute atomic E-state index is 12.3. The number of benzene rings is 2. The highest BCUT2D eigenvalue weighted by Crippen LogP contribution is 2.26. The highest BCUT2D eigenvalue weighted by Gasteiger charge is 2.16. The molecule has 0 aliphatic rings. The molecule has 0 saturated heterocycles. The van der Waals surface area contributed by atoms with Gasteiger partial charge in [0, 0.05) is 12.8 Å². The number of carbonyl (C=O) groups is 2. The third kappa shape index (κ3) is 21.3. The molecule has 0 fully saturated rings. The quantitative estimate of drug-likeness (QED) is 0.0339. The molecular formula is C38H60Cl2O4Si2. The first-order valence-corrected chi connectivity index (χ1v) is 26.3. The van der Waals surface area contributed by atoms with E-state index in [4.69, 9.17) is 31.6 Å². The number of carbonyl (C=O) groups excluding carboxylic acids is 2. The van der Waals surface area contributed by atoms with Crippen LogP contribution < -0.4 is 9.47 Å². The Bertz CT molecular complexity index is 1020. The summed E-state index contributed by atoms with van der Waals surface area (Å²) >= 11 is 12.8. The monoisotopic (exact) mass is 706 g/mol. The average molecular weight is 708 g/mol. The topological polar surface area (TPSA) is 52.6 Å². The molecule has 0 N–H and O–H groups in total. The molecule has 258 valence electrons. The van der Waals surface area contributed by atoms with Crippen molar-refractivity contribution in [2.45, 2.75) is 154 Å². The minimum absolute atomic E-state index is 0.175. The number of unbranched alkanes of at least 4 members (excludes halogenated alkanes) is 14. The summed E-state index contributed by atoms with van der Waals surface area (Å²) in [4.78, 5) is 24.6.